The van der Waals surface area contributed by atoms with Crippen molar-refractivity contribution < 1.29 is 18.3 Å². The van der Waals surface area contributed by atoms with E-state index in [2.05, 4.69) is 10.2 Å². The van der Waals surface area contributed by atoms with Gasteiger partial charge in [0.25, 0.3) is 0 Å². The standard InChI is InChI=1S/C13H19FN4O3/c1-8-15-16-13(21-8)18-6-9(14)5-10(18)7-17(2)11-3-4-20-12(11)19/h9-11H,3-7H2,1-2H3/t9-,10-,11-/m0/s1. The van der Waals surface area contributed by atoms with Crippen LogP contribution in [0.3, 0.4) is 0 Å². The van der Waals surface area contributed by atoms with Gasteiger partial charge in [-0.2, -0.15) is 0 Å². The Morgan fingerprint density at radius 3 is 2.90 bits per heavy atom. The van der Waals surface area contributed by atoms with Crippen LogP contribution < -0.4 is 4.90 Å². The first-order valence-corrected chi connectivity index (χ1v) is 7.12. The Kier molecular flexibility index (Phi) is 3.79. The molecule has 3 heterocycles. The maximum Gasteiger partial charge on any atom is 0.323 e. The molecule has 0 aliphatic carbocycles. The number of esters is 1. The third-order valence-electron chi connectivity index (χ3n) is 4.06. The minimum Gasteiger partial charge on any atom is -0.464 e. The summed E-state index contributed by atoms with van der Waals surface area (Å²) in [5.41, 5.74) is 0. The molecule has 0 N–H and O–H groups in total. The molecule has 0 unspecified atom stereocenters. The van der Waals surface area contributed by atoms with Gasteiger partial charge < -0.3 is 14.1 Å². The molecule has 2 aliphatic heterocycles. The lowest BCUT2D eigenvalue weighted by Gasteiger charge is -2.28. The number of rotatable bonds is 4. The van der Waals surface area contributed by atoms with Crippen LogP contribution in [0, 0.1) is 6.92 Å². The molecule has 0 spiro atoms. The molecule has 8 heteroatoms. The van der Waals surface area contributed by atoms with E-state index in [0.717, 1.165) is 0 Å². The van der Waals surface area contributed by atoms with Gasteiger partial charge in [0.05, 0.1) is 13.2 Å². The lowest BCUT2D eigenvalue weighted by Crippen LogP contribution is -2.44. The lowest BCUT2D eigenvalue weighted by atomic mass is 10.1. The number of hydrogen-bond donors (Lipinski definition) is 0. The van der Waals surface area contributed by atoms with Crippen LogP contribution in [-0.4, -0.2) is 66.1 Å². The van der Waals surface area contributed by atoms with Crippen LogP contribution in [0.1, 0.15) is 18.7 Å². The predicted octanol–water partition coefficient (Wildman–Crippen LogP) is 0.542. The second-order valence-electron chi connectivity index (χ2n) is 5.65. The summed E-state index contributed by atoms with van der Waals surface area (Å²) < 4.78 is 24.2. The molecule has 1 aromatic heterocycles. The van der Waals surface area contributed by atoms with Crippen LogP contribution in [-0.2, 0) is 9.53 Å². The minimum atomic E-state index is -0.925. The number of aryl methyl sites for hydroxylation is 1. The third kappa shape index (κ3) is 2.85. The van der Waals surface area contributed by atoms with Crippen molar-refractivity contribution in [1.82, 2.24) is 15.1 Å². The zero-order valence-corrected chi connectivity index (χ0v) is 12.2. The highest BCUT2D eigenvalue weighted by Gasteiger charge is 2.38. The molecule has 7 nitrogen and oxygen atoms in total. The molecule has 2 fully saturated rings. The van der Waals surface area contributed by atoms with E-state index in [1.165, 1.54) is 0 Å². The Bertz CT molecular complexity index is 523. The van der Waals surface area contributed by atoms with Crippen LogP contribution >= 0.6 is 0 Å². The number of carbonyl (C=O) groups is 1. The molecule has 1 aromatic rings. The number of carbonyl (C=O) groups excluding carboxylic acids is 1. The number of hydrogen-bond acceptors (Lipinski definition) is 7. The average molecular weight is 298 g/mol. The normalized spacial score (nSPS) is 29.4. The van der Waals surface area contributed by atoms with E-state index in [4.69, 9.17) is 9.15 Å². The Morgan fingerprint density at radius 2 is 2.29 bits per heavy atom. The van der Waals surface area contributed by atoms with Gasteiger partial charge in [0.1, 0.15) is 12.2 Å². The molecular weight excluding hydrogens is 279 g/mol. The van der Waals surface area contributed by atoms with Crippen molar-refractivity contribution in [2.75, 3.05) is 31.6 Å². The highest BCUT2D eigenvalue weighted by molar-refractivity contribution is 5.77. The van der Waals surface area contributed by atoms with E-state index < -0.39 is 6.17 Å². The summed E-state index contributed by atoms with van der Waals surface area (Å²) in [6, 6.07) is 0.0215. The Labute approximate surface area is 122 Å². The van der Waals surface area contributed by atoms with Gasteiger partial charge in [-0.25, -0.2) is 4.39 Å². The first-order valence-electron chi connectivity index (χ1n) is 7.12. The number of aromatic nitrogens is 2. The Balaban J connectivity index is 1.69. The summed E-state index contributed by atoms with van der Waals surface area (Å²) in [6.45, 7) is 2.96. The monoisotopic (exact) mass is 298 g/mol. The van der Waals surface area contributed by atoms with Gasteiger partial charge in [0.15, 0.2) is 0 Å². The summed E-state index contributed by atoms with van der Waals surface area (Å²) in [5.74, 6) is 0.256. The molecule has 0 radical (unpaired) electrons. The largest absolute Gasteiger partial charge is 0.464 e. The van der Waals surface area contributed by atoms with Gasteiger partial charge in [0.2, 0.25) is 5.89 Å². The highest BCUT2D eigenvalue weighted by Crippen LogP contribution is 2.27. The van der Waals surface area contributed by atoms with E-state index in [1.807, 2.05) is 11.9 Å². The minimum absolute atomic E-state index is 0.0850. The lowest BCUT2D eigenvalue weighted by molar-refractivity contribution is -0.142. The number of ether oxygens (including phenoxy) is 1. The van der Waals surface area contributed by atoms with Crippen LogP contribution in [0.4, 0.5) is 10.4 Å². The second kappa shape index (κ2) is 5.59. The van der Waals surface area contributed by atoms with Gasteiger partial charge in [-0.15, -0.1) is 5.10 Å². The predicted molar refractivity (Wildman–Crippen MR) is 71.7 cm³/mol. The summed E-state index contributed by atoms with van der Waals surface area (Å²) in [4.78, 5) is 15.3. The van der Waals surface area contributed by atoms with Crippen LogP contribution in [0.2, 0.25) is 0 Å². The Hall–Kier alpha value is -1.70. The number of nitrogens with zero attached hydrogens (tertiary/aromatic N) is 4. The fourth-order valence-electron chi connectivity index (χ4n) is 3.01. The van der Waals surface area contributed by atoms with E-state index in [-0.39, 0.29) is 24.6 Å². The van der Waals surface area contributed by atoms with Crippen LogP contribution in [0.15, 0.2) is 4.42 Å². The number of cyclic esters (lactones) is 1. The highest BCUT2D eigenvalue weighted by atomic mass is 19.1. The van der Waals surface area contributed by atoms with Crippen molar-refractivity contribution in [3.05, 3.63) is 5.89 Å². The van der Waals surface area contributed by atoms with E-state index >= 15 is 0 Å². The molecular formula is C13H19FN4O3. The fourth-order valence-corrected chi connectivity index (χ4v) is 3.01. The quantitative estimate of drug-likeness (QED) is 0.751. The maximum absolute atomic E-state index is 13.8. The molecule has 0 amide bonds. The van der Waals surface area contributed by atoms with Gasteiger partial charge in [-0.05, 0) is 7.05 Å². The molecule has 2 aliphatic rings. The molecule has 3 rings (SSSR count). The fraction of sp³-hybridized carbons (Fsp3) is 0.769. The Morgan fingerprint density at radius 1 is 1.48 bits per heavy atom. The van der Waals surface area contributed by atoms with Gasteiger partial charge in [-0.1, -0.05) is 5.10 Å². The van der Waals surface area contributed by atoms with Gasteiger partial charge in [0, 0.05) is 32.4 Å². The smallest absolute Gasteiger partial charge is 0.323 e. The van der Waals surface area contributed by atoms with E-state index in [1.54, 1.807) is 11.8 Å². The van der Waals surface area contributed by atoms with Crippen LogP contribution in [0.25, 0.3) is 0 Å². The zero-order chi connectivity index (χ0) is 15.0. The SMILES string of the molecule is Cc1nnc(N2C[C@@H](F)C[C@H]2CN(C)[C@H]2CCOC2=O)o1. The van der Waals surface area contributed by atoms with E-state index in [9.17, 15) is 9.18 Å². The first kappa shape index (κ1) is 14.2. The van der Waals surface area contributed by atoms with Gasteiger partial charge >= 0.3 is 12.0 Å². The number of alkyl halides is 1. The van der Waals surface area contributed by atoms with Crippen molar-refractivity contribution >= 4 is 12.0 Å². The number of halogens is 1. The van der Waals surface area contributed by atoms with Crippen molar-refractivity contribution in [2.45, 2.75) is 38.0 Å². The summed E-state index contributed by atoms with van der Waals surface area (Å²) in [7, 11) is 1.86. The summed E-state index contributed by atoms with van der Waals surface area (Å²) in [6.07, 6.45) is 0.153. The van der Waals surface area contributed by atoms with Crippen molar-refractivity contribution in [1.29, 1.82) is 0 Å². The number of likely N-dealkylation sites (N-methyl/N-ethyl adjacent to an activating group) is 1. The summed E-state index contributed by atoms with van der Waals surface area (Å²) >= 11 is 0. The zero-order valence-electron chi connectivity index (χ0n) is 12.2. The third-order valence-corrected chi connectivity index (χ3v) is 4.06. The van der Waals surface area contributed by atoms with E-state index in [0.29, 0.717) is 37.9 Å². The second-order valence-corrected chi connectivity index (χ2v) is 5.65. The molecule has 0 aromatic carbocycles. The molecule has 3 atom stereocenters. The van der Waals surface area contributed by atoms with Gasteiger partial charge in [-0.3, -0.25) is 9.69 Å². The first-order chi connectivity index (χ1) is 10.0. The molecule has 0 saturated carbocycles. The van der Waals surface area contributed by atoms with Crippen molar-refractivity contribution in [3.63, 3.8) is 0 Å². The molecule has 0 bridgehead atoms. The molecule has 21 heavy (non-hydrogen) atoms. The van der Waals surface area contributed by atoms with Crippen molar-refractivity contribution in [3.8, 4) is 0 Å². The number of anilines is 1. The molecule has 2 saturated heterocycles. The topological polar surface area (TPSA) is 71.7 Å². The molecule has 116 valence electrons. The maximum atomic E-state index is 13.8. The summed E-state index contributed by atoms with van der Waals surface area (Å²) in [5, 5.41) is 7.76. The average Bonchev–Trinajstić information content (AvgIpc) is 3.10. The van der Waals surface area contributed by atoms with Crippen molar-refractivity contribution in [2.24, 2.45) is 0 Å². The van der Waals surface area contributed by atoms with Crippen LogP contribution in [0.5, 0.6) is 0 Å².